The van der Waals surface area contributed by atoms with Gasteiger partial charge >= 0.3 is 0 Å². The topological polar surface area (TPSA) is 95.2 Å². The van der Waals surface area contributed by atoms with E-state index in [0.29, 0.717) is 36.7 Å². The zero-order chi connectivity index (χ0) is 21.8. The van der Waals surface area contributed by atoms with Crippen molar-refractivity contribution in [1.29, 1.82) is 0 Å². The highest BCUT2D eigenvalue weighted by atomic mass is 16.2. The van der Waals surface area contributed by atoms with Crippen LogP contribution in [-0.2, 0) is 4.79 Å². The number of piperidine rings is 1. The van der Waals surface area contributed by atoms with E-state index < -0.39 is 0 Å². The largest absolute Gasteiger partial charge is 0.348 e. The quantitative estimate of drug-likeness (QED) is 0.666. The Morgan fingerprint density at radius 2 is 1.71 bits per heavy atom. The number of likely N-dealkylation sites (tertiary alicyclic amines) is 1. The van der Waals surface area contributed by atoms with Crippen LogP contribution in [0.25, 0.3) is 10.8 Å². The lowest BCUT2D eigenvalue weighted by atomic mass is 9.93. The number of carbonyl (C=O) groups is 2. The van der Waals surface area contributed by atoms with Gasteiger partial charge in [-0.1, -0.05) is 55.5 Å². The molecule has 0 saturated carbocycles. The lowest BCUT2D eigenvalue weighted by molar-refractivity contribution is -0.134. The predicted octanol–water partition coefficient (Wildman–Crippen LogP) is 2.84. The lowest BCUT2D eigenvalue weighted by Gasteiger charge is -2.34. The number of H-pyrrole nitrogens is 1. The molecule has 7 nitrogen and oxygen atoms in total. The summed E-state index contributed by atoms with van der Waals surface area (Å²) in [4.78, 5) is 39.7. The summed E-state index contributed by atoms with van der Waals surface area (Å²) in [5.41, 5.74) is 0.938. The predicted molar refractivity (Wildman–Crippen MR) is 119 cm³/mol. The van der Waals surface area contributed by atoms with E-state index in [0.717, 1.165) is 12.0 Å². The second kappa shape index (κ2) is 9.12. The van der Waals surface area contributed by atoms with E-state index in [-0.39, 0.29) is 35.0 Å². The summed E-state index contributed by atoms with van der Waals surface area (Å²) in [6, 6.07) is 16.8. The Hall–Kier alpha value is -3.48. The van der Waals surface area contributed by atoms with Crippen LogP contribution in [-0.4, -0.2) is 46.0 Å². The van der Waals surface area contributed by atoms with Gasteiger partial charge in [-0.05, 0) is 30.9 Å². The second-order valence-electron chi connectivity index (χ2n) is 7.89. The first-order valence-corrected chi connectivity index (χ1v) is 10.7. The van der Waals surface area contributed by atoms with Crippen LogP contribution in [0.4, 0.5) is 0 Å². The third kappa shape index (κ3) is 4.35. The Bertz CT molecular complexity index is 1130. The SMILES string of the molecule is CCC(C(=O)N1CCC(NC(=O)c2n[nH]c(=O)c3ccccc23)CC1)c1ccccc1. The Labute approximate surface area is 180 Å². The molecule has 4 rings (SSSR count). The van der Waals surface area contributed by atoms with Crippen molar-refractivity contribution in [2.75, 3.05) is 13.1 Å². The van der Waals surface area contributed by atoms with Crippen molar-refractivity contribution in [3.05, 3.63) is 76.2 Å². The molecule has 160 valence electrons. The number of aromatic amines is 1. The fourth-order valence-corrected chi connectivity index (χ4v) is 4.24. The standard InChI is InChI=1S/C24H26N4O3/c1-2-18(16-8-4-3-5-9-16)24(31)28-14-12-17(13-15-28)25-23(30)21-19-10-6-7-11-20(19)22(29)27-26-21/h3-11,17-18H,2,12-15H2,1H3,(H,25,30)(H,27,29). The number of hydrogen-bond acceptors (Lipinski definition) is 4. The van der Waals surface area contributed by atoms with Crippen LogP contribution in [0.2, 0.25) is 0 Å². The molecule has 1 aliphatic heterocycles. The molecule has 0 spiro atoms. The Morgan fingerprint density at radius 1 is 1.06 bits per heavy atom. The number of aromatic nitrogens is 2. The third-order valence-corrected chi connectivity index (χ3v) is 5.96. The van der Waals surface area contributed by atoms with Gasteiger partial charge in [0.05, 0.1) is 11.3 Å². The average molecular weight is 418 g/mol. The van der Waals surface area contributed by atoms with Gasteiger partial charge in [0.15, 0.2) is 5.69 Å². The molecule has 0 radical (unpaired) electrons. The number of rotatable bonds is 5. The molecule has 2 N–H and O–H groups in total. The molecule has 1 fully saturated rings. The molecule has 1 aliphatic rings. The van der Waals surface area contributed by atoms with Gasteiger partial charge < -0.3 is 10.2 Å². The van der Waals surface area contributed by atoms with Crippen LogP contribution in [0.1, 0.15) is 48.2 Å². The van der Waals surface area contributed by atoms with Gasteiger partial charge in [-0.2, -0.15) is 5.10 Å². The van der Waals surface area contributed by atoms with Crippen molar-refractivity contribution in [2.45, 2.75) is 38.1 Å². The summed E-state index contributed by atoms with van der Waals surface area (Å²) in [7, 11) is 0. The van der Waals surface area contributed by atoms with Crippen molar-refractivity contribution >= 4 is 22.6 Å². The molecule has 7 heteroatoms. The van der Waals surface area contributed by atoms with Crippen molar-refractivity contribution in [2.24, 2.45) is 0 Å². The zero-order valence-corrected chi connectivity index (χ0v) is 17.5. The van der Waals surface area contributed by atoms with Gasteiger partial charge in [0.1, 0.15) is 0 Å². The summed E-state index contributed by atoms with van der Waals surface area (Å²) in [5.74, 6) is -0.302. The molecule has 1 saturated heterocycles. The fourth-order valence-electron chi connectivity index (χ4n) is 4.24. The van der Waals surface area contributed by atoms with Crippen molar-refractivity contribution in [3.63, 3.8) is 0 Å². The zero-order valence-electron chi connectivity index (χ0n) is 17.5. The lowest BCUT2D eigenvalue weighted by Crippen LogP contribution is -2.47. The van der Waals surface area contributed by atoms with E-state index in [9.17, 15) is 14.4 Å². The molecule has 2 aromatic carbocycles. The summed E-state index contributed by atoms with van der Waals surface area (Å²) < 4.78 is 0. The molecular weight excluding hydrogens is 392 g/mol. The summed E-state index contributed by atoms with van der Waals surface area (Å²) >= 11 is 0. The summed E-state index contributed by atoms with van der Waals surface area (Å²) in [6.07, 6.45) is 2.12. The number of amides is 2. The molecule has 3 aromatic rings. The highest BCUT2D eigenvalue weighted by molar-refractivity contribution is 6.04. The first-order chi connectivity index (χ1) is 15.1. The van der Waals surface area contributed by atoms with Crippen LogP contribution >= 0.6 is 0 Å². The van der Waals surface area contributed by atoms with E-state index in [1.165, 1.54) is 0 Å². The van der Waals surface area contributed by atoms with E-state index in [1.807, 2.05) is 42.2 Å². The molecule has 0 aliphatic carbocycles. The minimum atomic E-state index is -0.317. The number of nitrogens with zero attached hydrogens (tertiary/aromatic N) is 2. The van der Waals surface area contributed by atoms with Crippen LogP contribution < -0.4 is 10.9 Å². The van der Waals surface area contributed by atoms with Crippen LogP contribution in [0.15, 0.2) is 59.4 Å². The number of nitrogens with one attached hydrogen (secondary N) is 2. The van der Waals surface area contributed by atoms with Gasteiger partial charge in [-0.3, -0.25) is 14.4 Å². The molecule has 0 bridgehead atoms. The Morgan fingerprint density at radius 3 is 2.39 bits per heavy atom. The first kappa shape index (κ1) is 20.8. The first-order valence-electron chi connectivity index (χ1n) is 10.7. The van der Waals surface area contributed by atoms with Crippen LogP contribution in [0.3, 0.4) is 0 Å². The number of benzene rings is 2. The molecule has 1 atom stereocenters. The van der Waals surface area contributed by atoms with Crippen LogP contribution in [0.5, 0.6) is 0 Å². The molecule has 2 heterocycles. The highest BCUT2D eigenvalue weighted by Crippen LogP contribution is 2.24. The summed E-state index contributed by atoms with van der Waals surface area (Å²) in [5, 5.41) is 10.4. The number of fused-ring (bicyclic) bond motifs is 1. The van der Waals surface area contributed by atoms with E-state index in [4.69, 9.17) is 0 Å². The molecule has 1 unspecified atom stereocenters. The maximum absolute atomic E-state index is 13.1. The Kier molecular flexibility index (Phi) is 6.11. The van der Waals surface area contributed by atoms with E-state index in [1.54, 1.807) is 24.3 Å². The van der Waals surface area contributed by atoms with Gasteiger partial charge in [0.25, 0.3) is 11.5 Å². The minimum Gasteiger partial charge on any atom is -0.348 e. The number of carbonyl (C=O) groups excluding carboxylic acids is 2. The molecule has 1 aromatic heterocycles. The van der Waals surface area contributed by atoms with Gasteiger partial charge in [-0.15, -0.1) is 0 Å². The Balaban J connectivity index is 1.39. The van der Waals surface area contributed by atoms with Crippen molar-refractivity contribution in [1.82, 2.24) is 20.4 Å². The van der Waals surface area contributed by atoms with E-state index in [2.05, 4.69) is 15.5 Å². The van der Waals surface area contributed by atoms with Gasteiger partial charge in [-0.25, -0.2) is 5.10 Å². The second-order valence-corrected chi connectivity index (χ2v) is 7.89. The van der Waals surface area contributed by atoms with Crippen molar-refractivity contribution < 1.29 is 9.59 Å². The maximum atomic E-state index is 13.1. The maximum Gasteiger partial charge on any atom is 0.272 e. The van der Waals surface area contributed by atoms with E-state index >= 15 is 0 Å². The highest BCUT2D eigenvalue weighted by Gasteiger charge is 2.29. The normalized spacial score (nSPS) is 15.6. The van der Waals surface area contributed by atoms with Gasteiger partial charge in [0, 0.05) is 24.5 Å². The van der Waals surface area contributed by atoms with Crippen LogP contribution in [0, 0.1) is 0 Å². The monoisotopic (exact) mass is 418 g/mol. The van der Waals surface area contributed by atoms with Gasteiger partial charge in [0.2, 0.25) is 5.91 Å². The third-order valence-electron chi connectivity index (χ3n) is 5.96. The smallest absolute Gasteiger partial charge is 0.272 e. The molecular formula is C24H26N4O3. The molecule has 2 amide bonds. The average Bonchev–Trinajstić information content (AvgIpc) is 2.81. The van der Waals surface area contributed by atoms with Crippen molar-refractivity contribution in [3.8, 4) is 0 Å². The fraction of sp³-hybridized carbons (Fsp3) is 0.333. The number of hydrogen-bond donors (Lipinski definition) is 2. The molecule has 31 heavy (non-hydrogen) atoms. The summed E-state index contributed by atoms with van der Waals surface area (Å²) in [6.45, 7) is 3.24. The minimum absolute atomic E-state index is 0.0409.